The summed E-state index contributed by atoms with van der Waals surface area (Å²) >= 11 is 1.45. The largest absolute Gasteiger partial charge is 0.342 e. The fourth-order valence-corrected chi connectivity index (χ4v) is 3.34. The molecule has 0 saturated carbocycles. The second-order valence-corrected chi connectivity index (χ2v) is 6.93. The summed E-state index contributed by atoms with van der Waals surface area (Å²) in [6.45, 7) is 5.79. The van der Waals surface area contributed by atoms with Gasteiger partial charge in [-0.05, 0) is 37.8 Å². The molecule has 0 bridgehead atoms. The predicted molar refractivity (Wildman–Crippen MR) is 83.4 cm³/mol. The van der Waals surface area contributed by atoms with Gasteiger partial charge in [-0.25, -0.2) is 0 Å². The Labute approximate surface area is 128 Å². The van der Waals surface area contributed by atoms with E-state index in [1.807, 2.05) is 11.8 Å². The van der Waals surface area contributed by atoms with E-state index in [-0.39, 0.29) is 16.8 Å². The number of likely N-dealkylation sites (tertiary alicyclic amines) is 1. The summed E-state index contributed by atoms with van der Waals surface area (Å²) in [5.41, 5.74) is 0.0725. The predicted octanol–water partition coefficient (Wildman–Crippen LogP) is 3.33. The second-order valence-electron chi connectivity index (χ2n) is 5.52. The van der Waals surface area contributed by atoms with Gasteiger partial charge in [0.25, 0.3) is 5.69 Å². The Kier molecular flexibility index (Phi) is 5.22. The number of non-ortho nitro benzene ring substituents is 1. The summed E-state index contributed by atoms with van der Waals surface area (Å²) in [6, 6.07) is 6.35. The number of carbonyl (C=O) groups excluding carboxylic acids is 1. The molecule has 0 aliphatic carbocycles. The van der Waals surface area contributed by atoms with E-state index < -0.39 is 4.92 Å². The van der Waals surface area contributed by atoms with Crippen molar-refractivity contribution in [2.75, 3.05) is 13.1 Å². The van der Waals surface area contributed by atoms with Crippen molar-refractivity contribution in [1.82, 2.24) is 4.90 Å². The molecule has 1 aliphatic rings. The third-order valence-electron chi connectivity index (χ3n) is 3.80. The highest BCUT2D eigenvalue weighted by molar-refractivity contribution is 8.00. The van der Waals surface area contributed by atoms with Crippen molar-refractivity contribution in [1.29, 1.82) is 0 Å². The van der Waals surface area contributed by atoms with E-state index in [9.17, 15) is 14.9 Å². The number of hydrogen-bond donors (Lipinski definition) is 0. The van der Waals surface area contributed by atoms with Crippen LogP contribution in [-0.4, -0.2) is 34.1 Å². The van der Waals surface area contributed by atoms with Crippen molar-refractivity contribution in [3.8, 4) is 0 Å². The Morgan fingerprint density at radius 2 is 1.90 bits per heavy atom. The molecule has 1 saturated heterocycles. The molecule has 0 radical (unpaired) electrons. The van der Waals surface area contributed by atoms with Crippen LogP contribution in [-0.2, 0) is 4.79 Å². The molecule has 0 N–H and O–H groups in total. The lowest BCUT2D eigenvalue weighted by Gasteiger charge is -2.32. The van der Waals surface area contributed by atoms with E-state index in [1.165, 1.54) is 23.9 Å². The summed E-state index contributed by atoms with van der Waals surface area (Å²) in [4.78, 5) is 25.4. The number of nitrogens with zero attached hydrogens (tertiary/aromatic N) is 2. The Bertz CT molecular complexity index is 510. The van der Waals surface area contributed by atoms with Crippen molar-refractivity contribution in [3.63, 3.8) is 0 Å². The SMILES string of the molecule is CC1CCN(C(=O)C(C)Sc2ccc([N+](=O)[O-])cc2)CC1. The van der Waals surface area contributed by atoms with Crippen molar-refractivity contribution in [2.24, 2.45) is 5.92 Å². The van der Waals surface area contributed by atoms with Crippen molar-refractivity contribution in [2.45, 2.75) is 36.8 Å². The van der Waals surface area contributed by atoms with Crippen molar-refractivity contribution < 1.29 is 9.72 Å². The molecule has 21 heavy (non-hydrogen) atoms. The van der Waals surface area contributed by atoms with Gasteiger partial charge in [-0.2, -0.15) is 0 Å². The Morgan fingerprint density at radius 3 is 2.43 bits per heavy atom. The third-order valence-corrected chi connectivity index (χ3v) is 4.90. The molecular weight excluding hydrogens is 288 g/mol. The number of thioether (sulfide) groups is 1. The molecule has 0 spiro atoms. The molecule has 1 amide bonds. The maximum atomic E-state index is 12.4. The quantitative estimate of drug-likeness (QED) is 0.486. The van der Waals surface area contributed by atoms with Crippen LogP contribution in [0.2, 0.25) is 0 Å². The number of amides is 1. The number of nitro groups is 1. The van der Waals surface area contributed by atoms with E-state index >= 15 is 0 Å². The average molecular weight is 308 g/mol. The summed E-state index contributed by atoms with van der Waals surface area (Å²) in [5.74, 6) is 0.858. The first-order chi connectivity index (χ1) is 9.97. The van der Waals surface area contributed by atoms with Gasteiger partial charge in [0, 0.05) is 30.1 Å². The van der Waals surface area contributed by atoms with E-state index in [0.29, 0.717) is 5.92 Å². The summed E-state index contributed by atoms with van der Waals surface area (Å²) < 4.78 is 0. The van der Waals surface area contributed by atoms with Crippen LogP contribution in [0.15, 0.2) is 29.2 Å². The first-order valence-electron chi connectivity index (χ1n) is 7.17. The van der Waals surface area contributed by atoms with Gasteiger partial charge in [0.05, 0.1) is 10.2 Å². The lowest BCUT2D eigenvalue weighted by Crippen LogP contribution is -2.41. The van der Waals surface area contributed by atoms with Gasteiger partial charge in [-0.1, -0.05) is 6.92 Å². The number of benzene rings is 1. The Balaban J connectivity index is 1.92. The van der Waals surface area contributed by atoms with Gasteiger partial charge < -0.3 is 4.90 Å². The lowest BCUT2D eigenvalue weighted by atomic mass is 9.99. The van der Waals surface area contributed by atoms with Gasteiger partial charge in [0.15, 0.2) is 0 Å². The molecule has 1 unspecified atom stereocenters. The zero-order valence-electron chi connectivity index (χ0n) is 12.3. The third kappa shape index (κ3) is 4.20. The Hall–Kier alpha value is -1.56. The number of carbonyl (C=O) groups is 1. The van der Waals surface area contributed by atoms with Crippen molar-refractivity contribution >= 4 is 23.4 Å². The Morgan fingerprint density at radius 1 is 1.33 bits per heavy atom. The van der Waals surface area contributed by atoms with Gasteiger partial charge in [-0.15, -0.1) is 11.8 Å². The maximum Gasteiger partial charge on any atom is 0.269 e. The van der Waals surface area contributed by atoms with Crippen LogP contribution < -0.4 is 0 Å². The van der Waals surface area contributed by atoms with Crippen LogP contribution >= 0.6 is 11.8 Å². The molecule has 114 valence electrons. The molecule has 6 heteroatoms. The minimum atomic E-state index is -0.419. The molecule has 1 aromatic rings. The topological polar surface area (TPSA) is 63.5 Å². The van der Waals surface area contributed by atoms with Gasteiger partial charge in [0.1, 0.15) is 0 Å². The number of rotatable bonds is 4. The highest BCUT2D eigenvalue weighted by Gasteiger charge is 2.25. The molecule has 1 aliphatic heterocycles. The second kappa shape index (κ2) is 6.93. The highest BCUT2D eigenvalue weighted by Crippen LogP contribution is 2.27. The van der Waals surface area contributed by atoms with Crippen LogP contribution in [0.4, 0.5) is 5.69 Å². The van der Waals surface area contributed by atoms with Gasteiger partial charge in [0.2, 0.25) is 5.91 Å². The zero-order chi connectivity index (χ0) is 15.4. The van der Waals surface area contributed by atoms with E-state index in [4.69, 9.17) is 0 Å². The maximum absolute atomic E-state index is 12.4. The van der Waals surface area contributed by atoms with E-state index in [2.05, 4.69) is 6.92 Å². The fraction of sp³-hybridized carbons (Fsp3) is 0.533. The number of hydrogen-bond acceptors (Lipinski definition) is 4. The molecule has 1 atom stereocenters. The monoisotopic (exact) mass is 308 g/mol. The molecule has 0 aromatic heterocycles. The van der Waals surface area contributed by atoms with Crippen LogP contribution in [0.1, 0.15) is 26.7 Å². The van der Waals surface area contributed by atoms with Crippen LogP contribution in [0.25, 0.3) is 0 Å². The lowest BCUT2D eigenvalue weighted by molar-refractivity contribution is -0.384. The minimum absolute atomic E-state index is 0.0725. The fourth-order valence-electron chi connectivity index (χ4n) is 2.39. The molecule has 1 fully saturated rings. The van der Waals surface area contributed by atoms with Gasteiger partial charge in [-0.3, -0.25) is 14.9 Å². The van der Waals surface area contributed by atoms with Crippen molar-refractivity contribution in [3.05, 3.63) is 34.4 Å². The highest BCUT2D eigenvalue weighted by atomic mass is 32.2. The average Bonchev–Trinajstić information content (AvgIpc) is 2.47. The summed E-state index contributed by atoms with van der Waals surface area (Å²) in [7, 11) is 0. The van der Waals surface area contributed by atoms with E-state index in [1.54, 1.807) is 12.1 Å². The minimum Gasteiger partial charge on any atom is -0.342 e. The molecule has 1 aromatic carbocycles. The molecular formula is C15H20N2O3S. The standard InChI is InChI=1S/C15H20N2O3S/c1-11-7-9-16(10-8-11)15(18)12(2)21-14-5-3-13(4-6-14)17(19)20/h3-6,11-12H,7-10H2,1-2H3. The first kappa shape index (κ1) is 15.8. The summed E-state index contributed by atoms with van der Waals surface area (Å²) in [5, 5.41) is 10.4. The van der Waals surface area contributed by atoms with Crippen LogP contribution in [0, 0.1) is 16.0 Å². The molecule has 1 heterocycles. The first-order valence-corrected chi connectivity index (χ1v) is 8.05. The molecule has 5 nitrogen and oxygen atoms in total. The number of nitro benzene ring substituents is 1. The number of piperidine rings is 1. The van der Waals surface area contributed by atoms with Gasteiger partial charge >= 0.3 is 0 Å². The zero-order valence-corrected chi connectivity index (χ0v) is 13.1. The van der Waals surface area contributed by atoms with Crippen LogP contribution in [0.5, 0.6) is 0 Å². The van der Waals surface area contributed by atoms with Crippen LogP contribution in [0.3, 0.4) is 0 Å². The molecule has 2 rings (SSSR count). The summed E-state index contributed by atoms with van der Waals surface area (Å²) in [6.07, 6.45) is 2.14. The normalized spacial score (nSPS) is 17.5. The van der Waals surface area contributed by atoms with E-state index in [0.717, 1.165) is 30.8 Å². The smallest absolute Gasteiger partial charge is 0.269 e.